The van der Waals surface area contributed by atoms with Crippen LogP contribution in [0, 0.1) is 0 Å². The molecular formula is C21H28N4O3S. The van der Waals surface area contributed by atoms with Gasteiger partial charge >= 0.3 is 0 Å². The Kier molecular flexibility index (Phi) is 6.44. The highest BCUT2D eigenvalue weighted by Gasteiger charge is 2.27. The van der Waals surface area contributed by atoms with Crippen molar-refractivity contribution in [3.05, 3.63) is 54.2 Å². The molecule has 8 heteroatoms. The van der Waals surface area contributed by atoms with Crippen molar-refractivity contribution in [1.29, 1.82) is 0 Å². The average Bonchev–Trinajstić information content (AvgIpc) is 3.30. The summed E-state index contributed by atoms with van der Waals surface area (Å²) in [4.78, 5) is 7.09. The predicted molar refractivity (Wildman–Crippen MR) is 112 cm³/mol. The summed E-state index contributed by atoms with van der Waals surface area (Å²) < 4.78 is 32.2. The summed E-state index contributed by atoms with van der Waals surface area (Å²) in [7, 11) is -3.51. The van der Waals surface area contributed by atoms with Crippen LogP contribution in [-0.2, 0) is 14.8 Å². The maximum Gasteiger partial charge on any atom is 0.244 e. The van der Waals surface area contributed by atoms with Crippen LogP contribution in [0.5, 0.6) is 0 Å². The van der Waals surface area contributed by atoms with E-state index in [4.69, 9.17) is 4.74 Å². The number of likely N-dealkylation sites (tertiary alicyclic amines) is 1. The van der Waals surface area contributed by atoms with Gasteiger partial charge in [0.25, 0.3) is 0 Å². The lowest BCUT2D eigenvalue weighted by Crippen LogP contribution is -2.40. The zero-order chi connectivity index (χ0) is 20.1. The summed E-state index contributed by atoms with van der Waals surface area (Å²) in [6.45, 7) is 4.57. The second-order valence-corrected chi connectivity index (χ2v) is 9.38. The van der Waals surface area contributed by atoms with Gasteiger partial charge in [-0.05, 0) is 43.6 Å². The molecule has 0 aliphatic carbocycles. The van der Waals surface area contributed by atoms with Crippen LogP contribution in [0.1, 0.15) is 24.4 Å². The molecule has 2 fully saturated rings. The van der Waals surface area contributed by atoms with E-state index < -0.39 is 10.0 Å². The fourth-order valence-electron chi connectivity index (χ4n) is 3.96. The minimum absolute atomic E-state index is 0.226. The minimum Gasteiger partial charge on any atom is -0.379 e. The molecule has 1 N–H and O–H groups in total. The first-order chi connectivity index (χ1) is 14.1. The molecule has 2 saturated heterocycles. The first kappa shape index (κ1) is 20.3. The lowest BCUT2D eigenvalue weighted by atomic mass is 10.1. The summed E-state index contributed by atoms with van der Waals surface area (Å²) in [5, 5.41) is 3.40. The average molecular weight is 417 g/mol. The lowest BCUT2D eigenvalue weighted by molar-refractivity contribution is 0.0730. The van der Waals surface area contributed by atoms with Crippen LogP contribution in [0.4, 0.5) is 5.82 Å². The van der Waals surface area contributed by atoms with Gasteiger partial charge < -0.3 is 10.1 Å². The summed E-state index contributed by atoms with van der Waals surface area (Å²) in [5.74, 6) is 0.686. The zero-order valence-electron chi connectivity index (χ0n) is 16.5. The Labute approximate surface area is 172 Å². The number of ether oxygens (including phenoxy) is 1. The highest BCUT2D eigenvalue weighted by Crippen LogP contribution is 2.25. The molecule has 0 radical (unpaired) electrons. The minimum atomic E-state index is -3.51. The van der Waals surface area contributed by atoms with E-state index in [1.54, 1.807) is 12.1 Å². The second-order valence-electron chi connectivity index (χ2n) is 7.45. The molecule has 4 rings (SSSR count). The van der Waals surface area contributed by atoms with Gasteiger partial charge in [-0.15, -0.1) is 0 Å². The molecule has 0 unspecified atom stereocenters. The Balaban J connectivity index is 1.43. The van der Waals surface area contributed by atoms with Gasteiger partial charge in [0.1, 0.15) is 10.7 Å². The summed E-state index contributed by atoms with van der Waals surface area (Å²) in [6, 6.07) is 14.2. The number of morpholine rings is 1. The van der Waals surface area contributed by atoms with Gasteiger partial charge in [-0.25, -0.2) is 13.4 Å². The number of aromatic nitrogens is 1. The van der Waals surface area contributed by atoms with E-state index in [0.29, 0.717) is 32.1 Å². The predicted octanol–water partition coefficient (Wildman–Crippen LogP) is 2.35. The quantitative estimate of drug-likeness (QED) is 0.747. The van der Waals surface area contributed by atoms with Crippen LogP contribution in [0.25, 0.3) is 0 Å². The number of nitrogens with zero attached hydrogens (tertiary/aromatic N) is 3. The van der Waals surface area contributed by atoms with Gasteiger partial charge in [-0.3, -0.25) is 4.90 Å². The molecule has 7 nitrogen and oxygen atoms in total. The van der Waals surface area contributed by atoms with E-state index in [1.165, 1.54) is 28.9 Å². The standard InChI is InChI=1S/C21H28N4O3S/c26-29(27,25-12-14-28-15-13-25)19-8-9-21(22-16-19)23-17-20(24-10-4-5-11-24)18-6-2-1-3-7-18/h1-3,6-9,16,20H,4-5,10-15,17H2,(H,22,23)/t20-/m1/s1. The molecule has 3 heterocycles. The van der Waals surface area contributed by atoms with Crippen LogP contribution in [0.15, 0.2) is 53.6 Å². The monoisotopic (exact) mass is 416 g/mol. The first-order valence-electron chi connectivity index (χ1n) is 10.2. The maximum absolute atomic E-state index is 12.7. The molecule has 0 amide bonds. The SMILES string of the molecule is O=S(=O)(c1ccc(NC[C@H](c2ccccc2)N2CCCC2)nc1)N1CCOCC1. The number of rotatable bonds is 7. The van der Waals surface area contributed by atoms with Gasteiger partial charge in [0.15, 0.2) is 0 Å². The largest absolute Gasteiger partial charge is 0.379 e. The van der Waals surface area contributed by atoms with Gasteiger partial charge in [0.2, 0.25) is 10.0 Å². The number of nitrogens with one attached hydrogen (secondary N) is 1. The van der Waals surface area contributed by atoms with E-state index in [1.807, 2.05) is 6.07 Å². The fourth-order valence-corrected chi connectivity index (χ4v) is 5.31. The summed E-state index contributed by atoms with van der Waals surface area (Å²) >= 11 is 0. The molecule has 2 aliphatic heterocycles. The van der Waals surface area contributed by atoms with Crippen molar-refractivity contribution in [3.63, 3.8) is 0 Å². The van der Waals surface area contributed by atoms with E-state index in [-0.39, 0.29) is 10.9 Å². The van der Waals surface area contributed by atoms with Crippen molar-refractivity contribution < 1.29 is 13.2 Å². The van der Waals surface area contributed by atoms with Crippen molar-refractivity contribution in [2.75, 3.05) is 51.3 Å². The van der Waals surface area contributed by atoms with Crippen molar-refractivity contribution in [2.24, 2.45) is 0 Å². The van der Waals surface area contributed by atoms with Gasteiger partial charge in [-0.2, -0.15) is 4.31 Å². The van der Waals surface area contributed by atoms with Crippen molar-refractivity contribution in [1.82, 2.24) is 14.2 Å². The molecule has 29 heavy (non-hydrogen) atoms. The van der Waals surface area contributed by atoms with Crippen LogP contribution in [-0.4, -0.2) is 68.5 Å². The Morgan fingerprint density at radius 3 is 2.38 bits per heavy atom. The van der Waals surface area contributed by atoms with Crippen LogP contribution >= 0.6 is 0 Å². The van der Waals surface area contributed by atoms with Crippen molar-refractivity contribution >= 4 is 15.8 Å². The Morgan fingerprint density at radius 2 is 1.72 bits per heavy atom. The van der Waals surface area contributed by atoms with Crippen LogP contribution in [0.3, 0.4) is 0 Å². The molecule has 2 aromatic rings. The molecular weight excluding hydrogens is 388 g/mol. The molecule has 2 aliphatic rings. The smallest absolute Gasteiger partial charge is 0.244 e. The van der Waals surface area contributed by atoms with Crippen molar-refractivity contribution in [3.8, 4) is 0 Å². The number of pyridine rings is 1. The van der Waals surface area contributed by atoms with E-state index in [2.05, 4.69) is 39.5 Å². The molecule has 1 aromatic carbocycles. The normalized spacial score (nSPS) is 19.9. The lowest BCUT2D eigenvalue weighted by Gasteiger charge is -2.28. The first-order valence-corrected chi connectivity index (χ1v) is 11.7. The Morgan fingerprint density at radius 1 is 1.00 bits per heavy atom. The number of sulfonamides is 1. The second kappa shape index (κ2) is 9.21. The van der Waals surface area contributed by atoms with Crippen LogP contribution < -0.4 is 5.32 Å². The fraction of sp³-hybridized carbons (Fsp3) is 0.476. The molecule has 1 atom stereocenters. The highest BCUT2D eigenvalue weighted by atomic mass is 32.2. The van der Waals surface area contributed by atoms with Gasteiger partial charge in [0.05, 0.1) is 19.3 Å². The summed E-state index contributed by atoms with van der Waals surface area (Å²) in [5.41, 5.74) is 1.29. The third kappa shape index (κ3) is 4.78. The molecule has 0 saturated carbocycles. The Bertz CT molecular complexity index is 878. The van der Waals surface area contributed by atoms with Crippen molar-refractivity contribution in [2.45, 2.75) is 23.8 Å². The van der Waals surface area contributed by atoms with Gasteiger partial charge in [-0.1, -0.05) is 30.3 Å². The van der Waals surface area contributed by atoms with Crippen LogP contribution in [0.2, 0.25) is 0 Å². The number of benzene rings is 1. The molecule has 1 aromatic heterocycles. The number of hydrogen-bond donors (Lipinski definition) is 1. The third-order valence-electron chi connectivity index (χ3n) is 5.59. The maximum atomic E-state index is 12.7. The van der Waals surface area contributed by atoms with E-state index in [9.17, 15) is 8.42 Å². The number of hydrogen-bond acceptors (Lipinski definition) is 6. The van der Waals surface area contributed by atoms with E-state index in [0.717, 1.165) is 19.6 Å². The van der Waals surface area contributed by atoms with E-state index >= 15 is 0 Å². The highest BCUT2D eigenvalue weighted by molar-refractivity contribution is 7.89. The summed E-state index contributed by atoms with van der Waals surface area (Å²) in [6.07, 6.45) is 3.91. The zero-order valence-corrected chi connectivity index (χ0v) is 17.4. The molecule has 0 spiro atoms. The Hall–Kier alpha value is -2.00. The third-order valence-corrected chi connectivity index (χ3v) is 7.47. The topological polar surface area (TPSA) is 74.8 Å². The van der Waals surface area contributed by atoms with Gasteiger partial charge in [0, 0.05) is 25.8 Å². The molecule has 0 bridgehead atoms. The molecule has 156 valence electrons. The number of anilines is 1.